The second-order valence-corrected chi connectivity index (χ2v) is 11.6. The van der Waals surface area contributed by atoms with E-state index in [1.54, 1.807) is 0 Å². The topological polar surface area (TPSA) is 50.1 Å². The molecule has 7 aromatic carbocycles. The number of furan rings is 2. The number of para-hydroxylation sites is 2. The third kappa shape index (κ3) is 4.20. The number of nitriles is 1. The number of hydrogen-bond donors (Lipinski definition) is 0. The molecule has 214 valence electrons. The van der Waals surface area contributed by atoms with Crippen LogP contribution in [0.25, 0.3) is 88.4 Å². The lowest BCUT2D eigenvalue weighted by molar-refractivity contribution is 0.668. The maximum absolute atomic E-state index is 10.2. The summed E-state index contributed by atoms with van der Waals surface area (Å²) in [6, 6.07) is 54.4. The molecule has 0 aliphatic rings. The summed E-state index contributed by atoms with van der Waals surface area (Å²) in [5.41, 5.74) is 12.3. The highest BCUT2D eigenvalue weighted by molar-refractivity contribution is 6.08. The Morgan fingerprint density at radius 2 is 0.891 bits per heavy atom. The minimum absolute atomic E-state index is 0.609. The first kappa shape index (κ1) is 26.1. The zero-order valence-corrected chi connectivity index (χ0v) is 24.7. The van der Waals surface area contributed by atoms with E-state index >= 15 is 0 Å². The van der Waals surface area contributed by atoms with E-state index in [4.69, 9.17) is 8.83 Å². The SMILES string of the molecule is N#Cc1cc(-c2ccccc2)cc(-c2c(-c3ccc4c(c3)oc3ccccc34)cccc2-c2ccc3c(c2)oc2ccccc23)c1. The molecule has 0 aliphatic carbocycles. The van der Waals surface area contributed by atoms with E-state index in [1.165, 1.54) is 0 Å². The average Bonchev–Trinajstić information content (AvgIpc) is 3.69. The van der Waals surface area contributed by atoms with Crippen molar-refractivity contribution in [2.75, 3.05) is 0 Å². The molecule has 0 bridgehead atoms. The van der Waals surface area contributed by atoms with Crippen LogP contribution in [0.2, 0.25) is 0 Å². The molecular weight excluding hydrogens is 562 g/mol. The van der Waals surface area contributed by atoms with Gasteiger partial charge in [0.2, 0.25) is 0 Å². The first-order valence-corrected chi connectivity index (χ1v) is 15.3. The highest BCUT2D eigenvalue weighted by Gasteiger charge is 2.19. The van der Waals surface area contributed by atoms with Gasteiger partial charge in [-0.2, -0.15) is 5.26 Å². The van der Waals surface area contributed by atoms with Gasteiger partial charge in [0.05, 0.1) is 11.6 Å². The van der Waals surface area contributed by atoms with E-state index in [0.29, 0.717) is 5.56 Å². The van der Waals surface area contributed by atoms with Crippen molar-refractivity contribution in [1.82, 2.24) is 0 Å². The maximum Gasteiger partial charge on any atom is 0.136 e. The first-order chi connectivity index (χ1) is 22.7. The summed E-state index contributed by atoms with van der Waals surface area (Å²) in [6.07, 6.45) is 0. The van der Waals surface area contributed by atoms with Crippen molar-refractivity contribution < 1.29 is 8.83 Å². The van der Waals surface area contributed by atoms with E-state index in [1.807, 2.05) is 66.7 Å². The molecule has 0 fully saturated rings. The number of rotatable bonds is 4. The molecule has 9 aromatic rings. The summed E-state index contributed by atoms with van der Waals surface area (Å²) >= 11 is 0. The predicted octanol–water partition coefficient (Wildman–Crippen LogP) is 12.0. The van der Waals surface area contributed by atoms with Gasteiger partial charge in [0, 0.05) is 21.5 Å². The fourth-order valence-electron chi connectivity index (χ4n) is 6.77. The molecule has 9 rings (SSSR count). The fourth-order valence-corrected chi connectivity index (χ4v) is 6.77. The monoisotopic (exact) mass is 587 g/mol. The lowest BCUT2D eigenvalue weighted by Crippen LogP contribution is -1.93. The standard InChI is InChI=1S/C43H25NO2/c44-26-27-21-31(28-9-2-1-3-10-28)23-32(22-27)43-33(29-17-19-37-35-11-4-6-15-39(35)45-41(37)24-29)13-8-14-34(43)30-18-20-38-36-12-5-7-16-40(36)46-42(38)25-30/h1-25H. The highest BCUT2D eigenvalue weighted by Crippen LogP contribution is 2.44. The first-order valence-electron chi connectivity index (χ1n) is 15.3. The van der Waals surface area contributed by atoms with Crippen molar-refractivity contribution >= 4 is 43.9 Å². The number of benzene rings is 7. The van der Waals surface area contributed by atoms with Crippen molar-refractivity contribution in [1.29, 1.82) is 5.26 Å². The molecule has 0 N–H and O–H groups in total. The number of fused-ring (bicyclic) bond motifs is 6. The Morgan fingerprint density at radius 3 is 1.48 bits per heavy atom. The Hall–Kier alpha value is -6.37. The van der Waals surface area contributed by atoms with Crippen LogP contribution in [0.15, 0.2) is 160 Å². The Morgan fingerprint density at radius 1 is 0.370 bits per heavy atom. The van der Waals surface area contributed by atoms with Gasteiger partial charge in [-0.3, -0.25) is 0 Å². The van der Waals surface area contributed by atoms with Crippen molar-refractivity contribution in [2.45, 2.75) is 0 Å². The van der Waals surface area contributed by atoms with Gasteiger partial charge in [0.15, 0.2) is 0 Å². The predicted molar refractivity (Wildman–Crippen MR) is 187 cm³/mol. The summed E-state index contributed by atoms with van der Waals surface area (Å²) in [5, 5.41) is 14.5. The molecule has 0 saturated carbocycles. The van der Waals surface area contributed by atoms with Gasteiger partial charge in [-0.1, -0.05) is 97.1 Å². The summed E-state index contributed by atoms with van der Waals surface area (Å²) in [5.74, 6) is 0. The molecular formula is C43H25NO2. The van der Waals surface area contributed by atoms with Gasteiger partial charge in [-0.05, 0) is 99.1 Å². The number of hydrogen-bond acceptors (Lipinski definition) is 3. The normalized spacial score (nSPS) is 11.5. The van der Waals surface area contributed by atoms with Crippen LogP contribution in [-0.2, 0) is 0 Å². The molecule has 0 atom stereocenters. The summed E-state index contributed by atoms with van der Waals surface area (Å²) in [4.78, 5) is 0. The zero-order valence-electron chi connectivity index (χ0n) is 24.7. The maximum atomic E-state index is 10.2. The molecule has 2 heterocycles. The third-order valence-electron chi connectivity index (χ3n) is 8.90. The average molecular weight is 588 g/mol. The van der Waals surface area contributed by atoms with Gasteiger partial charge < -0.3 is 8.83 Å². The Labute approximate surface area is 265 Å². The minimum atomic E-state index is 0.609. The van der Waals surface area contributed by atoms with Crippen molar-refractivity contribution in [3.05, 3.63) is 157 Å². The Balaban J connectivity index is 1.32. The summed E-state index contributed by atoms with van der Waals surface area (Å²) in [7, 11) is 0. The smallest absolute Gasteiger partial charge is 0.136 e. The van der Waals surface area contributed by atoms with Gasteiger partial charge in [-0.15, -0.1) is 0 Å². The second kappa shape index (κ2) is 10.4. The molecule has 0 aliphatic heterocycles. The highest BCUT2D eigenvalue weighted by atomic mass is 16.3. The van der Waals surface area contributed by atoms with E-state index in [2.05, 4.69) is 91.0 Å². The van der Waals surface area contributed by atoms with Crippen LogP contribution in [0.3, 0.4) is 0 Å². The molecule has 0 saturated heterocycles. The van der Waals surface area contributed by atoms with E-state index < -0.39 is 0 Å². The van der Waals surface area contributed by atoms with Gasteiger partial charge in [0.25, 0.3) is 0 Å². The molecule has 2 aromatic heterocycles. The molecule has 0 spiro atoms. The third-order valence-corrected chi connectivity index (χ3v) is 8.90. The molecule has 0 unspecified atom stereocenters. The lowest BCUT2D eigenvalue weighted by atomic mass is 9.85. The van der Waals surface area contributed by atoms with Gasteiger partial charge in [-0.25, -0.2) is 0 Å². The summed E-state index contributed by atoms with van der Waals surface area (Å²) < 4.78 is 12.6. The zero-order chi connectivity index (χ0) is 30.6. The number of nitrogens with zero attached hydrogens (tertiary/aromatic N) is 1. The molecule has 0 radical (unpaired) electrons. The molecule has 3 heteroatoms. The fraction of sp³-hybridized carbons (Fsp3) is 0. The van der Waals surface area contributed by atoms with Gasteiger partial charge >= 0.3 is 0 Å². The van der Waals surface area contributed by atoms with Crippen LogP contribution < -0.4 is 0 Å². The summed E-state index contributed by atoms with van der Waals surface area (Å²) in [6.45, 7) is 0. The Kier molecular flexibility index (Phi) is 5.88. The van der Waals surface area contributed by atoms with Crippen molar-refractivity contribution in [3.8, 4) is 50.6 Å². The van der Waals surface area contributed by atoms with Crippen molar-refractivity contribution in [3.63, 3.8) is 0 Å². The van der Waals surface area contributed by atoms with Crippen molar-refractivity contribution in [2.24, 2.45) is 0 Å². The van der Waals surface area contributed by atoms with Gasteiger partial charge in [0.1, 0.15) is 22.3 Å². The largest absolute Gasteiger partial charge is 0.456 e. The Bertz CT molecular complexity index is 2520. The van der Waals surface area contributed by atoms with Crippen LogP contribution in [0.4, 0.5) is 0 Å². The van der Waals surface area contributed by atoms with E-state index in [0.717, 1.165) is 88.4 Å². The van der Waals surface area contributed by atoms with Crippen LogP contribution >= 0.6 is 0 Å². The van der Waals surface area contributed by atoms with Crippen LogP contribution in [0.5, 0.6) is 0 Å². The van der Waals surface area contributed by atoms with E-state index in [9.17, 15) is 5.26 Å². The van der Waals surface area contributed by atoms with Crippen LogP contribution in [-0.4, -0.2) is 0 Å². The lowest BCUT2D eigenvalue weighted by Gasteiger charge is -2.18. The molecule has 46 heavy (non-hydrogen) atoms. The van der Waals surface area contributed by atoms with Crippen LogP contribution in [0, 0.1) is 11.3 Å². The molecule has 0 amide bonds. The molecule has 3 nitrogen and oxygen atoms in total. The van der Waals surface area contributed by atoms with Crippen LogP contribution in [0.1, 0.15) is 5.56 Å². The second-order valence-electron chi connectivity index (χ2n) is 11.6. The quantitative estimate of drug-likeness (QED) is 0.206. The van der Waals surface area contributed by atoms with E-state index in [-0.39, 0.29) is 0 Å². The minimum Gasteiger partial charge on any atom is -0.456 e.